The number of carboxylic acid groups (broad SMARTS) is 2. The molecule has 3 rings (SSSR count). The molecule has 0 saturated carbocycles. The van der Waals surface area contributed by atoms with E-state index in [2.05, 4.69) is 10.6 Å². The Morgan fingerprint density at radius 2 is 1.35 bits per heavy atom. The number of hydrogen-bond donors (Lipinski definition) is 5. The van der Waals surface area contributed by atoms with E-state index >= 15 is 0 Å². The fraction of sp³-hybridized carbons (Fsp3) is 0.120. The molecule has 0 aromatic heterocycles. The lowest BCUT2D eigenvalue weighted by molar-refractivity contribution is -0.134. The van der Waals surface area contributed by atoms with Crippen LogP contribution >= 0.6 is 0 Å². The van der Waals surface area contributed by atoms with E-state index in [-0.39, 0.29) is 17.7 Å². The van der Waals surface area contributed by atoms with Crippen LogP contribution in [0.15, 0.2) is 78.9 Å². The van der Waals surface area contributed by atoms with E-state index < -0.39 is 29.8 Å². The number of nitrogens with one attached hydrogen (secondary N) is 2. The first-order valence-electron chi connectivity index (χ1n) is 10.1. The molecule has 0 unspecified atom stereocenters. The first-order chi connectivity index (χ1) is 16.2. The highest BCUT2D eigenvalue weighted by molar-refractivity contribution is 6.01. The van der Waals surface area contributed by atoms with Crippen molar-refractivity contribution in [3.63, 3.8) is 0 Å². The van der Waals surface area contributed by atoms with Gasteiger partial charge in [0, 0.05) is 24.6 Å². The van der Waals surface area contributed by atoms with Crippen LogP contribution in [-0.4, -0.2) is 45.1 Å². The average molecular weight is 464 g/mol. The van der Waals surface area contributed by atoms with Gasteiger partial charge in [-0.15, -0.1) is 0 Å². The van der Waals surface area contributed by atoms with Gasteiger partial charge in [-0.3, -0.25) is 14.4 Å². The van der Waals surface area contributed by atoms with Crippen molar-refractivity contribution in [3.8, 4) is 5.75 Å². The Kier molecular flexibility index (Phi) is 9.33. The third-order valence-electron chi connectivity index (χ3n) is 4.43. The maximum atomic E-state index is 12.9. The van der Waals surface area contributed by atoms with Gasteiger partial charge in [-0.05, 0) is 54.1 Å². The topological polar surface area (TPSA) is 153 Å². The van der Waals surface area contributed by atoms with E-state index in [1.54, 1.807) is 42.5 Å². The summed E-state index contributed by atoms with van der Waals surface area (Å²) < 4.78 is 0. The standard InChI is InChI=1S/C23H20N2O5.C2H4O2/c26-19-12-6-15(7-13-19)14-20(25-21(27)16-4-2-1-3-5-16)22(28)24-18-10-8-17(9-11-18)23(29)30;1-2(3)4/h1-13,20,26H,14H2,(H,24,28)(H,25,27)(H,29,30);1H3,(H,3,4)/t20-;/m0./s1. The minimum Gasteiger partial charge on any atom is -0.508 e. The molecule has 3 aromatic rings. The van der Waals surface area contributed by atoms with Gasteiger partial charge >= 0.3 is 5.97 Å². The predicted octanol–water partition coefficient (Wildman–Crippen LogP) is 3.16. The number of carbonyl (C=O) groups excluding carboxylic acids is 2. The second-order valence-electron chi connectivity index (χ2n) is 7.15. The van der Waals surface area contributed by atoms with Crippen LogP contribution in [0.25, 0.3) is 0 Å². The number of aliphatic carboxylic acids is 1. The number of phenolic OH excluding ortho intramolecular Hbond substituents is 1. The smallest absolute Gasteiger partial charge is 0.335 e. The molecule has 9 nitrogen and oxygen atoms in total. The molecule has 176 valence electrons. The minimum absolute atomic E-state index is 0.103. The van der Waals surface area contributed by atoms with Crippen LogP contribution in [0.3, 0.4) is 0 Å². The lowest BCUT2D eigenvalue weighted by Gasteiger charge is -2.19. The first-order valence-corrected chi connectivity index (χ1v) is 10.1. The molecule has 0 saturated heterocycles. The third-order valence-corrected chi connectivity index (χ3v) is 4.43. The number of aromatic carboxylic acids is 1. The summed E-state index contributed by atoms with van der Waals surface area (Å²) in [6.45, 7) is 1.08. The minimum atomic E-state index is -1.06. The SMILES string of the molecule is CC(=O)O.O=C(O)c1ccc(NC(=O)[C@H](Cc2ccc(O)cc2)NC(=O)c2ccccc2)cc1. The lowest BCUT2D eigenvalue weighted by Crippen LogP contribution is -2.45. The fourth-order valence-electron chi connectivity index (χ4n) is 2.83. The van der Waals surface area contributed by atoms with Gasteiger partial charge in [0.25, 0.3) is 11.9 Å². The van der Waals surface area contributed by atoms with Crippen molar-refractivity contribution in [1.82, 2.24) is 5.32 Å². The van der Waals surface area contributed by atoms with Crippen LogP contribution in [0, 0.1) is 0 Å². The number of carbonyl (C=O) groups is 4. The summed E-state index contributed by atoms with van der Waals surface area (Å²) in [5, 5.41) is 31.3. The number of hydrogen-bond acceptors (Lipinski definition) is 5. The molecule has 0 bridgehead atoms. The molecule has 2 amide bonds. The van der Waals surface area contributed by atoms with Gasteiger partial charge in [-0.25, -0.2) is 4.79 Å². The summed E-state index contributed by atoms with van der Waals surface area (Å²) in [5.41, 5.74) is 1.69. The first kappa shape index (κ1) is 25.6. The van der Waals surface area contributed by atoms with Crippen molar-refractivity contribution in [3.05, 3.63) is 95.6 Å². The Labute approximate surface area is 195 Å². The summed E-state index contributed by atoms with van der Waals surface area (Å²) in [6, 6.07) is 19.8. The number of carboxylic acids is 2. The highest BCUT2D eigenvalue weighted by atomic mass is 16.4. The molecule has 0 spiro atoms. The van der Waals surface area contributed by atoms with Crippen molar-refractivity contribution in [2.24, 2.45) is 0 Å². The zero-order valence-electron chi connectivity index (χ0n) is 18.3. The molecular weight excluding hydrogens is 440 g/mol. The Balaban J connectivity index is 0.000000945. The summed E-state index contributed by atoms with van der Waals surface area (Å²) in [7, 11) is 0. The van der Waals surface area contributed by atoms with Crippen molar-refractivity contribution in [2.45, 2.75) is 19.4 Å². The molecule has 0 fully saturated rings. The van der Waals surface area contributed by atoms with E-state index in [4.69, 9.17) is 15.0 Å². The average Bonchev–Trinajstić information content (AvgIpc) is 2.80. The monoisotopic (exact) mass is 464 g/mol. The second kappa shape index (κ2) is 12.4. The van der Waals surface area contributed by atoms with Gasteiger partial charge in [0.2, 0.25) is 5.91 Å². The number of anilines is 1. The van der Waals surface area contributed by atoms with E-state index in [9.17, 15) is 19.5 Å². The number of rotatable bonds is 7. The van der Waals surface area contributed by atoms with Crippen LogP contribution in [0.1, 0.15) is 33.2 Å². The Morgan fingerprint density at radius 1 is 0.794 bits per heavy atom. The molecule has 0 aliphatic heterocycles. The summed E-state index contributed by atoms with van der Waals surface area (Å²) in [4.78, 5) is 45.4. The van der Waals surface area contributed by atoms with Gasteiger partial charge < -0.3 is 26.0 Å². The third kappa shape index (κ3) is 8.46. The Hall–Kier alpha value is -4.66. The van der Waals surface area contributed by atoms with Crippen LogP contribution in [0.2, 0.25) is 0 Å². The molecule has 0 aliphatic rings. The van der Waals surface area contributed by atoms with E-state index in [0.717, 1.165) is 12.5 Å². The summed E-state index contributed by atoms with van der Waals surface area (Å²) in [6.07, 6.45) is 0.206. The van der Waals surface area contributed by atoms with Gasteiger partial charge in [0.05, 0.1) is 5.56 Å². The van der Waals surface area contributed by atoms with Gasteiger partial charge in [0.1, 0.15) is 11.8 Å². The number of aromatic hydroxyl groups is 1. The number of phenols is 1. The Morgan fingerprint density at radius 3 is 1.88 bits per heavy atom. The molecule has 5 N–H and O–H groups in total. The number of amides is 2. The van der Waals surface area contributed by atoms with Crippen LogP contribution in [0.4, 0.5) is 5.69 Å². The van der Waals surface area contributed by atoms with Crippen LogP contribution in [-0.2, 0) is 16.0 Å². The van der Waals surface area contributed by atoms with Crippen molar-refractivity contribution >= 4 is 29.4 Å². The van der Waals surface area contributed by atoms with Gasteiger partial charge in [0.15, 0.2) is 0 Å². The zero-order valence-corrected chi connectivity index (χ0v) is 18.3. The molecular formula is C25H24N2O7. The van der Waals surface area contributed by atoms with Crippen LogP contribution in [0.5, 0.6) is 5.75 Å². The van der Waals surface area contributed by atoms with Crippen LogP contribution < -0.4 is 10.6 Å². The second-order valence-corrected chi connectivity index (χ2v) is 7.15. The maximum Gasteiger partial charge on any atom is 0.335 e. The normalized spacial score (nSPS) is 10.7. The Bertz CT molecular complexity index is 1120. The fourth-order valence-corrected chi connectivity index (χ4v) is 2.83. The highest BCUT2D eigenvalue weighted by Gasteiger charge is 2.22. The van der Waals surface area contributed by atoms with E-state index in [1.807, 2.05) is 0 Å². The molecule has 9 heteroatoms. The predicted molar refractivity (Wildman–Crippen MR) is 125 cm³/mol. The summed E-state index contributed by atoms with van der Waals surface area (Å²) in [5.74, 6) is -2.63. The van der Waals surface area contributed by atoms with Gasteiger partial charge in [-0.1, -0.05) is 30.3 Å². The molecule has 1 atom stereocenters. The van der Waals surface area contributed by atoms with Crippen molar-refractivity contribution < 1.29 is 34.5 Å². The molecule has 0 aliphatic carbocycles. The van der Waals surface area contributed by atoms with E-state index in [0.29, 0.717) is 11.3 Å². The number of benzene rings is 3. The molecule has 34 heavy (non-hydrogen) atoms. The molecule has 3 aromatic carbocycles. The van der Waals surface area contributed by atoms with Crippen molar-refractivity contribution in [2.75, 3.05) is 5.32 Å². The molecule has 0 heterocycles. The molecule has 0 radical (unpaired) electrons. The largest absolute Gasteiger partial charge is 0.508 e. The van der Waals surface area contributed by atoms with Crippen molar-refractivity contribution in [1.29, 1.82) is 0 Å². The quantitative estimate of drug-likeness (QED) is 0.360. The summed E-state index contributed by atoms with van der Waals surface area (Å²) >= 11 is 0. The lowest BCUT2D eigenvalue weighted by atomic mass is 10.0. The highest BCUT2D eigenvalue weighted by Crippen LogP contribution is 2.14. The zero-order chi connectivity index (χ0) is 25.1. The maximum absolute atomic E-state index is 12.9. The van der Waals surface area contributed by atoms with Gasteiger partial charge in [-0.2, -0.15) is 0 Å². The van der Waals surface area contributed by atoms with E-state index in [1.165, 1.54) is 36.4 Å².